The van der Waals surface area contributed by atoms with Gasteiger partial charge in [0.1, 0.15) is 0 Å². The van der Waals surface area contributed by atoms with Crippen LogP contribution in [0.5, 0.6) is 0 Å². The lowest BCUT2D eigenvalue weighted by Crippen LogP contribution is -2.11. The second kappa shape index (κ2) is 5.86. The van der Waals surface area contributed by atoms with Crippen molar-refractivity contribution in [1.29, 1.82) is 0 Å². The molecule has 0 aliphatic heterocycles. The van der Waals surface area contributed by atoms with Crippen LogP contribution in [0.1, 0.15) is 0 Å². The van der Waals surface area contributed by atoms with Crippen LogP contribution in [-0.2, 0) is 10.0 Å². The number of para-hydroxylation sites is 2. The number of nitrogens with zero attached hydrogens (tertiary/aromatic N) is 1. The Morgan fingerprint density at radius 3 is 2.30 bits per heavy atom. The van der Waals surface area contributed by atoms with Gasteiger partial charge in [-0.15, -0.1) is 0 Å². The Morgan fingerprint density at radius 1 is 0.778 bits per heavy atom. The standard InChI is InChI=1S/C22H16N2O2S/c25-27(26,17-9-2-1-3-10-17)24-15-19(18-11-5-7-13-22(18)24)21-14-16-8-4-6-12-20(16)23-21/h1-15,23H. The van der Waals surface area contributed by atoms with Crippen LogP contribution in [0.4, 0.5) is 0 Å². The summed E-state index contributed by atoms with van der Waals surface area (Å²) in [6, 6.07) is 26.1. The molecule has 0 radical (unpaired) electrons. The molecule has 0 saturated heterocycles. The van der Waals surface area contributed by atoms with E-state index in [4.69, 9.17) is 0 Å². The fourth-order valence-electron chi connectivity index (χ4n) is 3.49. The third kappa shape index (κ3) is 2.47. The zero-order valence-corrected chi connectivity index (χ0v) is 15.1. The van der Waals surface area contributed by atoms with Gasteiger partial charge in [-0.3, -0.25) is 0 Å². The molecule has 5 aromatic rings. The number of aromatic nitrogens is 2. The first-order valence-electron chi connectivity index (χ1n) is 8.63. The molecule has 0 aliphatic carbocycles. The van der Waals surface area contributed by atoms with E-state index in [9.17, 15) is 8.42 Å². The Kier molecular flexibility index (Phi) is 3.45. The topological polar surface area (TPSA) is 54.9 Å². The van der Waals surface area contributed by atoms with Crippen molar-refractivity contribution in [2.75, 3.05) is 0 Å². The van der Waals surface area contributed by atoms with Crippen molar-refractivity contribution in [2.45, 2.75) is 4.90 Å². The van der Waals surface area contributed by atoms with Gasteiger partial charge in [0.05, 0.1) is 10.4 Å². The number of hydrogen-bond donors (Lipinski definition) is 1. The minimum absolute atomic E-state index is 0.272. The first kappa shape index (κ1) is 15.9. The lowest BCUT2D eigenvalue weighted by molar-refractivity contribution is 0.589. The Hall–Kier alpha value is -3.31. The van der Waals surface area contributed by atoms with Crippen molar-refractivity contribution < 1.29 is 8.42 Å². The Morgan fingerprint density at radius 2 is 1.48 bits per heavy atom. The van der Waals surface area contributed by atoms with Gasteiger partial charge in [0.15, 0.2) is 0 Å². The fourth-order valence-corrected chi connectivity index (χ4v) is 4.88. The largest absolute Gasteiger partial charge is 0.354 e. The molecule has 0 fully saturated rings. The van der Waals surface area contributed by atoms with E-state index in [2.05, 4.69) is 11.1 Å². The van der Waals surface area contributed by atoms with Gasteiger partial charge < -0.3 is 4.98 Å². The lowest BCUT2D eigenvalue weighted by atomic mass is 10.1. The van der Waals surface area contributed by atoms with E-state index in [0.717, 1.165) is 27.5 Å². The highest BCUT2D eigenvalue weighted by Gasteiger charge is 2.22. The molecule has 2 aromatic heterocycles. The summed E-state index contributed by atoms with van der Waals surface area (Å²) < 4.78 is 27.8. The zero-order chi connectivity index (χ0) is 18.4. The van der Waals surface area contributed by atoms with Crippen molar-refractivity contribution in [3.8, 4) is 11.3 Å². The highest BCUT2D eigenvalue weighted by molar-refractivity contribution is 7.90. The van der Waals surface area contributed by atoms with E-state index in [1.807, 2.05) is 54.6 Å². The molecule has 0 unspecified atom stereocenters. The molecule has 0 saturated carbocycles. The molecule has 5 heteroatoms. The number of H-pyrrole nitrogens is 1. The van der Waals surface area contributed by atoms with Crippen molar-refractivity contribution >= 4 is 31.8 Å². The molecule has 0 atom stereocenters. The third-order valence-electron chi connectivity index (χ3n) is 4.80. The van der Waals surface area contributed by atoms with Crippen molar-refractivity contribution in [3.63, 3.8) is 0 Å². The molecular weight excluding hydrogens is 356 g/mol. The van der Waals surface area contributed by atoms with Gasteiger partial charge in [-0.2, -0.15) is 0 Å². The molecule has 4 nitrogen and oxygen atoms in total. The molecular formula is C22H16N2O2S. The van der Waals surface area contributed by atoms with Crippen molar-refractivity contribution in [2.24, 2.45) is 0 Å². The highest BCUT2D eigenvalue weighted by Crippen LogP contribution is 2.34. The van der Waals surface area contributed by atoms with Gasteiger partial charge >= 0.3 is 0 Å². The Labute approximate surface area is 156 Å². The van der Waals surface area contributed by atoms with Gasteiger partial charge in [-0.05, 0) is 30.3 Å². The van der Waals surface area contributed by atoms with E-state index >= 15 is 0 Å². The van der Waals surface area contributed by atoms with Crippen LogP contribution in [0.3, 0.4) is 0 Å². The average Bonchev–Trinajstić information content (AvgIpc) is 3.30. The van der Waals surface area contributed by atoms with Crippen LogP contribution in [0.2, 0.25) is 0 Å². The maximum Gasteiger partial charge on any atom is 0.268 e. The summed E-state index contributed by atoms with van der Waals surface area (Å²) in [5, 5.41) is 1.99. The quantitative estimate of drug-likeness (QED) is 0.483. The number of fused-ring (bicyclic) bond motifs is 2. The van der Waals surface area contributed by atoms with Crippen LogP contribution in [-0.4, -0.2) is 17.4 Å². The Balaban J connectivity index is 1.79. The first-order chi connectivity index (χ1) is 13.1. The monoisotopic (exact) mass is 372 g/mol. The van der Waals surface area contributed by atoms with Crippen LogP contribution in [0.15, 0.2) is 96.0 Å². The number of nitrogens with one attached hydrogen (secondary N) is 1. The highest BCUT2D eigenvalue weighted by atomic mass is 32.2. The van der Waals surface area contributed by atoms with Crippen LogP contribution < -0.4 is 0 Å². The minimum atomic E-state index is -3.68. The molecule has 0 amide bonds. The molecule has 2 heterocycles. The van der Waals surface area contributed by atoms with E-state index in [1.165, 1.54) is 3.97 Å². The summed E-state index contributed by atoms with van der Waals surface area (Å²) in [4.78, 5) is 3.67. The third-order valence-corrected chi connectivity index (χ3v) is 6.49. The molecule has 0 aliphatic rings. The zero-order valence-electron chi connectivity index (χ0n) is 14.3. The van der Waals surface area contributed by atoms with Crippen LogP contribution in [0.25, 0.3) is 33.1 Å². The summed E-state index contributed by atoms with van der Waals surface area (Å²) >= 11 is 0. The molecule has 5 rings (SSSR count). The van der Waals surface area contributed by atoms with Crippen LogP contribution in [0, 0.1) is 0 Å². The van der Waals surface area contributed by atoms with Gasteiger partial charge in [0.2, 0.25) is 0 Å². The van der Waals surface area contributed by atoms with Crippen molar-refractivity contribution in [3.05, 3.63) is 91.1 Å². The second-order valence-electron chi connectivity index (χ2n) is 6.44. The fraction of sp³-hybridized carbons (Fsp3) is 0. The molecule has 0 spiro atoms. The summed E-state index contributed by atoms with van der Waals surface area (Å²) in [6.07, 6.45) is 1.71. The van der Waals surface area contributed by atoms with Crippen LogP contribution >= 0.6 is 0 Å². The van der Waals surface area contributed by atoms with E-state index in [0.29, 0.717) is 5.52 Å². The molecule has 0 bridgehead atoms. The maximum atomic E-state index is 13.2. The van der Waals surface area contributed by atoms with Gasteiger partial charge in [0.25, 0.3) is 10.0 Å². The SMILES string of the molecule is O=S(=O)(c1ccccc1)n1cc(-c2cc3ccccc3[nH]2)c2ccccc21. The summed E-state index contributed by atoms with van der Waals surface area (Å²) in [5.41, 5.74) is 3.45. The normalized spacial score (nSPS) is 12.0. The Bertz CT molecular complexity index is 1350. The average molecular weight is 372 g/mol. The predicted octanol–water partition coefficient (Wildman–Crippen LogP) is 5.03. The summed E-state index contributed by atoms with van der Waals surface area (Å²) in [5.74, 6) is 0. The number of benzene rings is 3. The van der Waals surface area contributed by atoms with E-state index in [1.54, 1.807) is 30.5 Å². The van der Waals surface area contributed by atoms with Crippen molar-refractivity contribution in [1.82, 2.24) is 8.96 Å². The first-order valence-corrected chi connectivity index (χ1v) is 10.1. The number of rotatable bonds is 3. The summed E-state index contributed by atoms with van der Waals surface area (Å²) in [6.45, 7) is 0. The number of aromatic amines is 1. The molecule has 132 valence electrons. The second-order valence-corrected chi connectivity index (χ2v) is 8.26. The van der Waals surface area contributed by atoms with Gasteiger partial charge in [0, 0.05) is 33.7 Å². The maximum absolute atomic E-state index is 13.2. The smallest absolute Gasteiger partial charge is 0.268 e. The summed E-state index contributed by atoms with van der Waals surface area (Å²) in [7, 11) is -3.68. The minimum Gasteiger partial charge on any atom is -0.354 e. The predicted molar refractivity (Wildman–Crippen MR) is 108 cm³/mol. The lowest BCUT2D eigenvalue weighted by Gasteiger charge is -2.07. The molecule has 3 aromatic carbocycles. The van der Waals surface area contributed by atoms with E-state index in [-0.39, 0.29) is 4.90 Å². The van der Waals surface area contributed by atoms with Gasteiger partial charge in [-0.1, -0.05) is 54.6 Å². The van der Waals surface area contributed by atoms with E-state index < -0.39 is 10.0 Å². The molecule has 1 N–H and O–H groups in total. The number of hydrogen-bond acceptors (Lipinski definition) is 2. The molecule has 27 heavy (non-hydrogen) atoms. The van der Waals surface area contributed by atoms with Gasteiger partial charge in [-0.25, -0.2) is 12.4 Å².